The number of rotatable bonds is 3. The van der Waals surface area contributed by atoms with E-state index in [0.29, 0.717) is 6.54 Å². The number of halogens is 1. The van der Waals surface area contributed by atoms with Gasteiger partial charge in [-0.05, 0) is 17.7 Å². The molecule has 1 aliphatic rings. The van der Waals surface area contributed by atoms with E-state index in [1.165, 1.54) is 5.56 Å². The second kappa shape index (κ2) is 4.41. The summed E-state index contributed by atoms with van der Waals surface area (Å²) in [6.45, 7) is 1.48. The van der Waals surface area contributed by atoms with Crippen LogP contribution in [-0.4, -0.2) is 16.6 Å². The van der Waals surface area contributed by atoms with Crippen molar-refractivity contribution < 1.29 is 4.74 Å². The highest BCUT2D eigenvalue weighted by Gasteiger charge is 2.17. The minimum atomic E-state index is 0.704. The number of hydrogen-bond donors (Lipinski definition) is 2. The quantitative estimate of drug-likeness (QED) is 0.915. The number of nitrogens with zero attached hydrogens (tertiary/aromatic N) is 1. The van der Waals surface area contributed by atoms with Crippen LogP contribution in [0.1, 0.15) is 11.1 Å². The third kappa shape index (κ3) is 2.15. The zero-order chi connectivity index (χ0) is 11.7. The highest BCUT2D eigenvalue weighted by molar-refractivity contribution is 9.10. The van der Waals surface area contributed by atoms with Gasteiger partial charge in [0.2, 0.25) is 0 Å². The van der Waals surface area contributed by atoms with Crippen molar-refractivity contribution in [3.8, 4) is 5.75 Å². The largest absolute Gasteiger partial charge is 0.493 e. The number of benzene rings is 1. The number of anilines is 1. The zero-order valence-electron chi connectivity index (χ0n) is 9.16. The monoisotopic (exact) mass is 293 g/mol. The van der Waals surface area contributed by atoms with Gasteiger partial charge in [-0.2, -0.15) is 0 Å². The molecule has 0 saturated heterocycles. The summed E-state index contributed by atoms with van der Waals surface area (Å²) in [4.78, 5) is 7.14. The molecule has 3 rings (SSSR count). The first kappa shape index (κ1) is 10.7. The maximum absolute atomic E-state index is 5.66. The normalized spacial score (nSPS) is 13.2. The molecule has 2 heterocycles. The first-order valence-electron chi connectivity index (χ1n) is 5.50. The molecule has 4 nitrogen and oxygen atoms in total. The molecule has 5 heteroatoms. The molecule has 0 bridgehead atoms. The highest BCUT2D eigenvalue weighted by atomic mass is 79.9. The Bertz CT molecular complexity index is 525. The maximum atomic E-state index is 5.66. The van der Waals surface area contributed by atoms with E-state index in [1.54, 1.807) is 12.4 Å². The Balaban J connectivity index is 1.83. The minimum Gasteiger partial charge on any atom is -0.493 e. The Labute approximate surface area is 108 Å². The molecule has 0 atom stereocenters. The van der Waals surface area contributed by atoms with Crippen LogP contribution in [0.4, 0.5) is 5.95 Å². The van der Waals surface area contributed by atoms with E-state index in [0.717, 1.165) is 34.8 Å². The van der Waals surface area contributed by atoms with Crippen molar-refractivity contribution in [2.24, 2.45) is 0 Å². The molecule has 1 aliphatic heterocycles. The lowest BCUT2D eigenvalue weighted by Gasteiger charge is -2.09. The van der Waals surface area contributed by atoms with E-state index >= 15 is 0 Å². The maximum Gasteiger partial charge on any atom is 0.200 e. The molecule has 1 aromatic heterocycles. The van der Waals surface area contributed by atoms with E-state index in [4.69, 9.17) is 4.74 Å². The lowest BCUT2D eigenvalue weighted by molar-refractivity contribution is 0.354. The second-order valence-corrected chi connectivity index (χ2v) is 4.86. The van der Waals surface area contributed by atoms with E-state index in [9.17, 15) is 0 Å². The van der Waals surface area contributed by atoms with Crippen LogP contribution >= 0.6 is 15.9 Å². The van der Waals surface area contributed by atoms with Gasteiger partial charge in [0.1, 0.15) is 5.75 Å². The lowest BCUT2D eigenvalue weighted by atomic mass is 10.1. The van der Waals surface area contributed by atoms with Crippen molar-refractivity contribution in [3.05, 3.63) is 40.1 Å². The summed E-state index contributed by atoms with van der Waals surface area (Å²) in [6, 6.07) is 4.21. The van der Waals surface area contributed by atoms with Crippen molar-refractivity contribution in [2.75, 3.05) is 11.9 Å². The van der Waals surface area contributed by atoms with Crippen molar-refractivity contribution in [1.29, 1.82) is 0 Å². The van der Waals surface area contributed by atoms with Crippen LogP contribution in [0, 0.1) is 0 Å². The Morgan fingerprint density at radius 2 is 2.41 bits per heavy atom. The number of hydrogen-bond acceptors (Lipinski definition) is 3. The Hall–Kier alpha value is -1.49. The molecule has 17 heavy (non-hydrogen) atoms. The molecular weight excluding hydrogens is 282 g/mol. The SMILES string of the molecule is Brc1cc2c(c(CNc3ncc[nH]3)c1)OCC2. The average Bonchev–Trinajstić information content (AvgIpc) is 2.95. The van der Waals surface area contributed by atoms with Gasteiger partial charge in [0, 0.05) is 35.4 Å². The van der Waals surface area contributed by atoms with Crippen molar-refractivity contribution in [2.45, 2.75) is 13.0 Å². The molecule has 0 spiro atoms. The van der Waals surface area contributed by atoms with Crippen molar-refractivity contribution >= 4 is 21.9 Å². The van der Waals surface area contributed by atoms with Gasteiger partial charge in [0.25, 0.3) is 0 Å². The number of imidazole rings is 1. The Morgan fingerprint density at radius 1 is 1.47 bits per heavy atom. The van der Waals surface area contributed by atoms with Crippen LogP contribution in [0.3, 0.4) is 0 Å². The predicted molar refractivity (Wildman–Crippen MR) is 69.3 cm³/mol. The topological polar surface area (TPSA) is 49.9 Å². The van der Waals surface area contributed by atoms with Gasteiger partial charge in [-0.3, -0.25) is 0 Å². The molecule has 0 unspecified atom stereocenters. The van der Waals surface area contributed by atoms with Crippen LogP contribution in [0.2, 0.25) is 0 Å². The molecule has 0 amide bonds. The van der Waals surface area contributed by atoms with Gasteiger partial charge in [-0.1, -0.05) is 15.9 Å². The van der Waals surface area contributed by atoms with E-state index in [-0.39, 0.29) is 0 Å². The number of aromatic nitrogens is 2. The summed E-state index contributed by atoms with van der Waals surface area (Å²) in [5, 5.41) is 3.23. The van der Waals surface area contributed by atoms with E-state index < -0.39 is 0 Å². The minimum absolute atomic E-state index is 0.704. The number of fused-ring (bicyclic) bond motifs is 1. The first-order chi connectivity index (χ1) is 8.33. The van der Waals surface area contributed by atoms with Crippen molar-refractivity contribution in [1.82, 2.24) is 9.97 Å². The van der Waals surface area contributed by atoms with E-state index in [2.05, 4.69) is 43.3 Å². The Morgan fingerprint density at radius 3 is 3.24 bits per heavy atom. The number of aromatic amines is 1. The number of H-pyrrole nitrogens is 1. The predicted octanol–water partition coefficient (Wildman–Crippen LogP) is 2.72. The molecule has 0 aliphatic carbocycles. The average molecular weight is 294 g/mol. The van der Waals surface area contributed by atoms with Crippen LogP contribution in [-0.2, 0) is 13.0 Å². The first-order valence-corrected chi connectivity index (χ1v) is 6.29. The second-order valence-electron chi connectivity index (χ2n) is 3.94. The summed E-state index contributed by atoms with van der Waals surface area (Å²) < 4.78 is 6.76. The van der Waals surface area contributed by atoms with Gasteiger partial charge in [-0.15, -0.1) is 0 Å². The molecule has 88 valence electrons. The molecular formula is C12H12BrN3O. The molecule has 0 radical (unpaired) electrons. The molecule has 0 saturated carbocycles. The highest BCUT2D eigenvalue weighted by Crippen LogP contribution is 2.33. The van der Waals surface area contributed by atoms with Crippen LogP contribution in [0.5, 0.6) is 5.75 Å². The summed E-state index contributed by atoms with van der Waals surface area (Å²) >= 11 is 3.53. The van der Waals surface area contributed by atoms with Crippen LogP contribution < -0.4 is 10.1 Å². The molecule has 2 N–H and O–H groups in total. The van der Waals surface area contributed by atoms with Crippen LogP contribution in [0.25, 0.3) is 0 Å². The lowest BCUT2D eigenvalue weighted by Crippen LogP contribution is -2.02. The fourth-order valence-corrected chi connectivity index (χ4v) is 2.57. The fraction of sp³-hybridized carbons (Fsp3) is 0.250. The summed E-state index contributed by atoms with van der Waals surface area (Å²) in [7, 11) is 0. The smallest absolute Gasteiger partial charge is 0.200 e. The molecule has 2 aromatic rings. The third-order valence-corrected chi connectivity index (χ3v) is 3.23. The summed E-state index contributed by atoms with van der Waals surface area (Å²) in [5.74, 6) is 1.80. The fourth-order valence-electron chi connectivity index (χ4n) is 2.02. The zero-order valence-corrected chi connectivity index (χ0v) is 10.8. The number of ether oxygens (including phenoxy) is 1. The van der Waals surface area contributed by atoms with Crippen molar-refractivity contribution in [3.63, 3.8) is 0 Å². The van der Waals surface area contributed by atoms with Gasteiger partial charge in [0.15, 0.2) is 5.95 Å². The van der Waals surface area contributed by atoms with Gasteiger partial charge in [0.05, 0.1) is 6.61 Å². The third-order valence-electron chi connectivity index (χ3n) is 2.77. The van der Waals surface area contributed by atoms with Gasteiger partial charge in [-0.25, -0.2) is 4.98 Å². The summed E-state index contributed by atoms with van der Waals surface area (Å²) in [6.07, 6.45) is 4.51. The number of nitrogens with one attached hydrogen (secondary N) is 2. The van der Waals surface area contributed by atoms with Gasteiger partial charge < -0.3 is 15.0 Å². The summed E-state index contributed by atoms with van der Waals surface area (Å²) in [5.41, 5.74) is 2.43. The Kier molecular flexibility index (Phi) is 2.76. The van der Waals surface area contributed by atoms with Crippen LogP contribution in [0.15, 0.2) is 29.0 Å². The molecule has 1 aromatic carbocycles. The van der Waals surface area contributed by atoms with E-state index in [1.807, 2.05) is 0 Å². The standard InChI is InChI=1S/C12H12BrN3O/c13-10-5-8-1-4-17-11(8)9(6-10)7-16-12-14-2-3-15-12/h2-3,5-6H,1,4,7H2,(H2,14,15,16). The molecule has 0 fully saturated rings. The van der Waals surface area contributed by atoms with Gasteiger partial charge >= 0.3 is 0 Å².